The number of rotatable bonds is 5. The second kappa shape index (κ2) is 7.37. The van der Waals surface area contributed by atoms with Crippen LogP contribution in [0.3, 0.4) is 0 Å². The molecule has 0 atom stereocenters. The predicted molar refractivity (Wildman–Crippen MR) is 101 cm³/mol. The molecule has 3 rings (SSSR count). The van der Waals surface area contributed by atoms with Crippen LogP contribution in [-0.4, -0.2) is 17.0 Å². The van der Waals surface area contributed by atoms with Crippen molar-refractivity contribution in [3.05, 3.63) is 65.2 Å². The molecule has 0 aliphatic rings. The first-order chi connectivity index (χ1) is 12.9. The maximum atomic E-state index is 11.7. The van der Waals surface area contributed by atoms with Gasteiger partial charge in [0.2, 0.25) is 0 Å². The number of ether oxygens (including phenoxy) is 2. The van der Waals surface area contributed by atoms with Crippen LogP contribution in [0.5, 0.6) is 17.2 Å². The van der Waals surface area contributed by atoms with Gasteiger partial charge in [-0.2, -0.15) is 0 Å². The Hall–Kier alpha value is -3.54. The van der Waals surface area contributed by atoms with Crippen molar-refractivity contribution in [2.24, 2.45) is 5.73 Å². The molecule has 6 nitrogen and oxygen atoms in total. The maximum Gasteiger partial charge on any atom is 0.302 e. The number of esters is 1. The Balaban J connectivity index is 2.00. The zero-order valence-electron chi connectivity index (χ0n) is 15.0. The maximum absolute atomic E-state index is 11.7. The highest BCUT2D eigenvalue weighted by Gasteiger charge is 2.16. The Morgan fingerprint density at radius 1 is 1.04 bits per heavy atom. The van der Waals surface area contributed by atoms with Crippen molar-refractivity contribution < 1.29 is 24.2 Å². The minimum absolute atomic E-state index is 0.00664. The number of fused-ring (bicyclic) bond motifs is 1. The van der Waals surface area contributed by atoms with Crippen LogP contribution in [0, 0.1) is 6.92 Å². The summed E-state index contributed by atoms with van der Waals surface area (Å²) in [6.45, 7) is 3.41. The van der Waals surface area contributed by atoms with E-state index in [2.05, 4.69) is 0 Å². The summed E-state index contributed by atoms with van der Waals surface area (Å²) in [5.41, 5.74) is 7.04. The number of phenols is 1. The molecule has 0 aliphatic carbocycles. The molecular formula is C21H19NO5. The average Bonchev–Trinajstić information content (AvgIpc) is 2.63. The van der Waals surface area contributed by atoms with Gasteiger partial charge in [-0.05, 0) is 36.2 Å². The lowest BCUT2D eigenvalue weighted by Crippen LogP contribution is -2.11. The zero-order valence-corrected chi connectivity index (χ0v) is 15.0. The van der Waals surface area contributed by atoms with Gasteiger partial charge in [0.05, 0.1) is 5.56 Å². The van der Waals surface area contributed by atoms with Crippen LogP contribution < -0.4 is 10.5 Å². The first-order valence-corrected chi connectivity index (χ1v) is 8.32. The van der Waals surface area contributed by atoms with Gasteiger partial charge < -0.3 is 20.3 Å². The number of carbonyl (C=O) groups excluding carboxylic acids is 2. The molecule has 0 saturated heterocycles. The van der Waals surface area contributed by atoms with E-state index in [1.54, 1.807) is 30.3 Å². The van der Waals surface area contributed by atoms with Crippen molar-refractivity contribution in [1.82, 2.24) is 0 Å². The van der Waals surface area contributed by atoms with Crippen molar-refractivity contribution in [2.45, 2.75) is 20.5 Å². The molecule has 27 heavy (non-hydrogen) atoms. The van der Waals surface area contributed by atoms with Crippen LogP contribution in [0.25, 0.3) is 10.8 Å². The fraction of sp³-hybridized carbons (Fsp3) is 0.143. The van der Waals surface area contributed by atoms with E-state index in [1.165, 1.54) is 13.0 Å². The highest BCUT2D eigenvalue weighted by atomic mass is 16.5. The number of amides is 1. The summed E-state index contributed by atoms with van der Waals surface area (Å²) < 4.78 is 11.0. The first-order valence-electron chi connectivity index (χ1n) is 8.32. The number of benzene rings is 3. The number of hydrogen-bond acceptors (Lipinski definition) is 5. The molecule has 0 unspecified atom stereocenters. The van der Waals surface area contributed by atoms with E-state index in [-0.39, 0.29) is 23.9 Å². The molecule has 0 heterocycles. The second-order valence-electron chi connectivity index (χ2n) is 6.16. The molecule has 3 aromatic rings. The van der Waals surface area contributed by atoms with E-state index < -0.39 is 5.91 Å². The second-order valence-corrected chi connectivity index (χ2v) is 6.16. The fourth-order valence-electron chi connectivity index (χ4n) is 2.82. The Morgan fingerprint density at radius 3 is 2.37 bits per heavy atom. The van der Waals surface area contributed by atoms with Crippen LogP contribution in [-0.2, 0) is 16.1 Å². The third kappa shape index (κ3) is 3.84. The molecule has 0 bridgehead atoms. The van der Waals surface area contributed by atoms with Gasteiger partial charge in [0.25, 0.3) is 5.91 Å². The molecule has 0 radical (unpaired) electrons. The molecule has 0 aliphatic heterocycles. The summed E-state index contributed by atoms with van der Waals surface area (Å²) in [4.78, 5) is 22.6. The van der Waals surface area contributed by atoms with Crippen LogP contribution >= 0.6 is 0 Å². The van der Waals surface area contributed by atoms with Gasteiger partial charge in [-0.25, -0.2) is 0 Å². The van der Waals surface area contributed by atoms with Crippen LogP contribution in [0.2, 0.25) is 0 Å². The number of nitrogens with two attached hydrogens (primary N) is 1. The molecule has 138 valence electrons. The molecule has 0 saturated carbocycles. The Morgan fingerprint density at radius 2 is 1.74 bits per heavy atom. The number of primary amides is 1. The molecular weight excluding hydrogens is 346 g/mol. The molecule has 3 aromatic carbocycles. The van der Waals surface area contributed by atoms with Crippen molar-refractivity contribution >= 4 is 22.6 Å². The van der Waals surface area contributed by atoms with E-state index in [9.17, 15) is 14.7 Å². The van der Waals surface area contributed by atoms with Gasteiger partial charge in [-0.1, -0.05) is 30.3 Å². The summed E-state index contributed by atoms with van der Waals surface area (Å²) in [7, 11) is 0. The molecule has 0 spiro atoms. The normalized spacial score (nSPS) is 10.6. The smallest absolute Gasteiger partial charge is 0.302 e. The van der Waals surface area contributed by atoms with Crippen LogP contribution in [0.4, 0.5) is 0 Å². The molecule has 6 heteroatoms. The summed E-state index contributed by atoms with van der Waals surface area (Å²) >= 11 is 0. The predicted octanol–water partition coefficient (Wildman–Crippen LogP) is 3.81. The van der Waals surface area contributed by atoms with Gasteiger partial charge in [-0.3, -0.25) is 9.59 Å². The fourth-order valence-corrected chi connectivity index (χ4v) is 2.82. The van der Waals surface area contributed by atoms with E-state index in [1.807, 2.05) is 19.1 Å². The van der Waals surface area contributed by atoms with Crippen molar-refractivity contribution in [2.75, 3.05) is 0 Å². The third-order valence-electron chi connectivity index (χ3n) is 4.15. The van der Waals surface area contributed by atoms with Crippen LogP contribution in [0.1, 0.15) is 28.4 Å². The molecule has 0 aromatic heterocycles. The Labute approximate surface area is 156 Å². The number of hydrogen-bond donors (Lipinski definition) is 2. The van der Waals surface area contributed by atoms with E-state index in [0.717, 1.165) is 11.1 Å². The van der Waals surface area contributed by atoms with Gasteiger partial charge >= 0.3 is 5.97 Å². The quantitative estimate of drug-likeness (QED) is 0.670. The largest absolute Gasteiger partial charge is 0.506 e. The van der Waals surface area contributed by atoms with Gasteiger partial charge in [-0.15, -0.1) is 0 Å². The summed E-state index contributed by atoms with van der Waals surface area (Å²) in [6.07, 6.45) is 0. The minimum atomic E-state index is -0.739. The van der Waals surface area contributed by atoms with Crippen LogP contribution in [0.15, 0.2) is 48.5 Å². The molecule has 3 N–H and O–H groups in total. The van der Waals surface area contributed by atoms with Gasteiger partial charge in [0.15, 0.2) is 0 Å². The summed E-state index contributed by atoms with van der Waals surface area (Å²) in [5, 5.41) is 11.4. The Kier molecular flexibility index (Phi) is 4.98. The van der Waals surface area contributed by atoms with E-state index in [4.69, 9.17) is 15.2 Å². The monoisotopic (exact) mass is 365 g/mol. The van der Waals surface area contributed by atoms with Crippen molar-refractivity contribution in [3.8, 4) is 17.2 Å². The highest BCUT2D eigenvalue weighted by Crippen LogP contribution is 2.38. The Bertz CT molecular complexity index is 1040. The lowest BCUT2D eigenvalue weighted by molar-refractivity contribution is -0.142. The van der Waals surface area contributed by atoms with E-state index >= 15 is 0 Å². The molecule has 1 amide bonds. The standard InChI is InChI=1S/C21H19NO5/c1-12-9-14(11-26-13(2)23)7-8-18(12)27-19-10-17(21(22)25)20(24)16-6-4-3-5-15(16)19/h3-10,24H,11H2,1-2H3,(H2,22,25). The SMILES string of the molecule is CC(=O)OCc1ccc(Oc2cc(C(N)=O)c(O)c3ccccc23)c(C)c1. The lowest BCUT2D eigenvalue weighted by Gasteiger charge is -2.14. The number of aryl methyl sites for hydroxylation is 1. The summed E-state index contributed by atoms with van der Waals surface area (Å²) in [6, 6.07) is 13.9. The van der Waals surface area contributed by atoms with Gasteiger partial charge in [0.1, 0.15) is 23.9 Å². The first kappa shape index (κ1) is 18.3. The minimum Gasteiger partial charge on any atom is -0.506 e. The summed E-state index contributed by atoms with van der Waals surface area (Å²) in [5.74, 6) is -0.265. The topological polar surface area (TPSA) is 98.9 Å². The number of aromatic hydroxyl groups is 1. The lowest BCUT2D eigenvalue weighted by atomic mass is 10.0. The van der Waals surface area contributed by atoms with Gasteiger partial charge in [0, 0.05) is 17.7 Å². The van der Waals surface area contributed by atoms with Crippen molar-refractivity contribution in [1.29, 1.82) is 0 Å². The molecule has 0 fully saturated rings. The zero-order chi connectivity index (χ0) is 19.6. The van der Waals surface area contributed by atoms with E-state index in [0.29, 0.717) is 22.3 Å². The third-order valence-corrected chi connectivity index (χ3v) is 4.15. The average molecular weight is 365 g/mol. The highest BCUT2D eigenvalue weighted by molar-refractivity contribution is 6.05. The van der Waals surface area contributed by atoms with Crippen molar-refractivity contribution in [3.63, 3.8) is 0 Å². The number of carbonyl (C=O) groups is 2.